The molecule has 1 saturated heterocycles. The Morgan fingerprint density at radius 2 is 1.97 bits per heavy atom. The highest BCUT2D eigenvalue weighted by Crippen LogP contribution is 2.33. The average molecular weight is 441 g/mol. The third kappa shape index (κ3) is 5.09. The topological polar surface area (TPSA) is 82.3 Å². The van der Waals surface area contributed by atoms with Gasteiger partial charge in [-0.05, 0) is 66.8 Å². The summed E-state index contributed by atoms with van der Waals surface area (Å²) >= 11 is 7.87. The van der Waals surface area contributed by atoms with Gasteiger partial charge in [-0.25, -0.2) is 0 Å². The number of rotatable bonds is 4. The number of nitrogens with zero attached hydrogens (tertiary/aromatic N) is 1. The van der Waals surface area contributed by atoms with Gasteiger partial charge in [0.1, 0.15) is 11.8 Å². The lowest BCUT2D eigenvalue weighted by Gasteiger charge is -2.33. The third-order valence-electron chi connectivity index (χ3n) is 4.99. The lowest BCUT2D eigenvalue weighted by Crippen LogP contribution is -2.49. The van der Waals surface area contributed by atoms with Crippen LogP contribution < -0.4 is 10.1 Å². The van der Waals surface area contributed by atoms with Crippen molar-refractivity contribution in [2.75, 3.05) is 23.9 Å². The van der Waals surface area contributed by atoms with Crippen LogP contribution in [0.1, 0.15) is 24.0 Å². The summed E-state index contributed by atoms with van der Waals surface area (Å²) in [7, 11) is 1.58. The molecule has 0 aromatic heterocycles. The molecule has 2 N–H and O–H groups in total. The molecule has 1 heterocycles. The van der Waals surface area contributed by atoms with E-state index in [0.717, 1.165) is 11.5 Å². The Morgan fingerprint density at radius 1 is 1.27 bits per heavy atom. The second kappa shape index (κ2) is 9.91. The molecule has 1 amide bonds. The van der Waals surface area contributed by atoms with E-state index in [0.29, 0.717) is 35.4 Å². The maximum atomic E-state index is 13.1. The van der Waals surface area contributed by atoms with Crippen molar-refractivity contribution in [3.63, 3.8) is 0 Å². The fourth-order valence-corrected chi connectivity index (χ4v) is 4.54. The van der Waals surface area contributed by atoms with Crippen molar-refractivity contribution in [1.82, 2.24) is 0 Å². The van der Waals surface area contributed by atoms with Gasteiger partial charge in [0.2, 0.25) is 5.60 Å². The first-order valence-corrected chi connectivity index (χ1v) is 11.0. The summed E-state index contributed by atoms with van der Waals surface area (Å²) in [5.74, 6) is 7.34. The van der Waals surface area contributed by atoms with Crippen LogP contribution in [0.5, 0.6) is 5.75 Å². The van der Waals surface area contributed by atoms with Crippen molar-refractivity contribution in [3.05, 3.63) is 58.6 Å². The van der Waals surface area contributed by atoms with Crippen molar-refractivity contribution in [2.45, 2.75) is 18.4 Å². The molecule has 0 bridgehead atoms. The van der Waals surface area contributed by atoms with Gasteiger partial charge < -0.3 is 15.2 Å². The van der Waals surface area contributed by atoms with Gasteiger partial charge in [0.25, 0.3) is 5.91 Å². The summed E-state index contributed by atoms with van der Waals surface area (Å²) in [5, 5.41) is 23.4. The highest BCUT2D eigenvalue weighted by atomic mass is 35.5. The van der Waals surface area contributed by atoms with E-state index in [-0.39, 0.29) is 10.9 Å². The van der Waals surface area contributed by atoms with Gasteiger partial charge in [0, 0.05) is 17.2 Å². The minimum atomic E-state index is -1.85. The molecule has 1 aliphatic heterocycles. The monoisotopic (exact) mass is 440 g/mol. The number of amides is 1. The summed E-state index contributed by atoms with van der Waals surface area (Å²) in [5.41, 5.74) is -0.456. The van der Waals surface area contributed by atoms with Gasteiger partial charge in [0.15, 0.2) is 0 Å². The molecule has 0 spiro atoms. The zero-order chi connectivity index (χ0) is 21.6. The summed E-state index contributed by atoms with van der Waals surface area (Å²) in [6.07, 6.45) is 1.39. The molecule has 5 nitrogen and oxygen atoms in total. The second-order valence-corrected chi connectivity index (χ2v) is 8.52. The number of methoxy groups -OCH3 is 1. The molecule has 0 radical (unpaired) electrons. The molecule has 1 aliphatic rings. The zero-order valence-corrected chi connectivity index (χ0v) is 18.0. The van der Waals surface area contributed by atoms with Crippen LogP contribution in [0.2, 0.25) is 5.02 Å². The molecule has 7 heteroatoms. The van der Waals surface area contributed by atoms with E-state index in [9.17, 15) is 9.90 Å². The minimum Gasteiger partial charge on any atom is -0.497 e. The number of nitriles is 1. The van der Waals surface area contributed by atoms with Gasteiger partial charge in [-0.2, -0.15) is 17.0 Å². The van der Waals surface area contributed by atoms with Crippen LogP contribution in [0.15, 0.2) is 42.5 Å². The number of hydrogen-bond acceptors (Lipinski definition) is 5. The molecular weight excluding hydrogens is 420 g/mol. The quantitative estimate of drug-likeness (QED) is 0.700. The normalized spacial score (nSPS) is 15.8. The Labute approximate surface area is 185 Å². The molecule has 1 unspecified atom stereocenters. The number of hydrogen-bond donors (Lipinski definition) is 2. The van der Waals surface area contributed by atoms with Gasteiger partial charge in [-0.15, -0.1) is 0 Å². The molecule has 30 heavy (non-hydrogen) atoms. The molecule has 1 atom stereocenters. The predicted molar refractivity (Wildman–Crippen MR) is 120 cm³/mol. The fourth-order valence-electron chi connectivity index (χ4n) is 3.21. The lowest BCUT2D eigenvalue weighted by molar-refractivity contribution is -0.133. The molecule has 1 fully saturated rings. The van der Waals surface area contributed by atoms with Gasteiger partial charge in [-0.1, -0.05) is 23.4 Å². The molecule has 3 rings (SSSR count). The fraction of sp³-hybridized carbons (Fsp3) is 0.304. The van der Waals surface area contributed by atoms with Crippen molar-refractivity contribution < 1.29 is 14.6 Å². The molecule has 0 saturated carbocycles. The van der Waals surface area contributed by atoms with Crippen LogP contribution in [-0.4, -0.2) is 35.2 Å². The average Bonchev–Trinajstić information content (AvgIpc) is 2.78. The molecule has 2 aromatic carbocycles. The van der Waals surface area contributed by atoms with E-state index in [2.05, 4.69) is 17.2 Å². The van der Waals surface area contributed by atoms with Crippen LogP contribution in [0.4, 0.5) is 5.69 Å². The number of anilines is 1. The number of carbonyl (C=O) groups is 1. The van der Waals surface area contributed by atoms with Crippen LogP contribution in [0.25, 0.3) is 0 Å². The summed E-state index contributed by atoms with van der Waals surface area (Å²) < 4.78 is 5.15. The third-order valence-corrected chi connectivity index (χ3v) is 6.35. The highest BCUT2D eigenvalue weighted by Gasteiger charge is 2.43. The van der Waals surface area contributed by atoms with E-state index >= 15 is 0 Å². The first kappa shape index (κ1) is 22.1. The largest absolute Gasteiger partial charge is 0.497 e. The maximum Gasteiger partial charge on any atom is 0.269 e. The Kier molecular flexibility index (Phi) is 7.29. The second-order valence-electron chi connectivity index (χ2n) is 6.89. The molecular formula is C23H21ClN2O3S. The van der Waals surface area contributed by atoms with E-state index in [1.807, 2.05) is 6.07 Å². The van der Waals surface area contributed by atoms with E-state index in [4.69, 9.17) is 21.6 Å². The summed E-state index contributed by atoms with van der Waals surface area (Å²) in [6, 6.07) is 13.7. The molecule has 154 valence electrons. The smallest absolute Gasteiger partial charge is 0.269 e. The molecule has 0 aliphatic carbocycles. The zero-order valence-electron chi connectivity index (χ0n) is 16.4. The number of carbonyl (C=O) groups excluding carboxylic acids is 1. The molecule has 2 aromatic rings. The van der Waals surface area contributed by atoms with Crippen LogP contribution >= 0.6 is 23.4 Å². The van der Waals surface area contributed by atoms with E-state index in [1.165, 1.54) is 12.1 Å². The number of ether oxygens (including phenoxy) is 1. The standard InChI is InChI=1S/C23H21ClN2O3S/c1-29-20-6-2-16(3-7-20)8-11-23(28,18-9-12-30-13-10-18)22(27)26-19-5-4-17(15-25)21(24)14-19/h2-7,14,18,28H,9-10,12-13H2,1H3,(H,26,27). The first-order chi connectivity index (χ1) is 14.5. The van der Waals surface area contributed by atoms with Crippen LogP contribution in [0.3, 0.4) is 0 Å². The number of halogens is 1. The van der Waals surface area contributed by atoms with E-state index in [1.54, 1.807) is 49.2 Å². The predicted octanol–water partition coefficient (Wildman–Crippen LogP) is 4.08. The Bertz CT molecular complexity index is 1020. The Balaban J connectivity index is 1.89. The number of aliphatic hydroxyl groups is 1. The summed E-state index contributed by atoms with van der Waals surface area (Å²) in [4.78, 5) is 13.1. The SMILES string of the molecule is COc1ccc(C#CC(O)(C(=O)Nc2ccc(C#N)c(Cl)c2)C2CCSCC2)cc1. The van der Waals surface area contributed by atoms with Crippen LogP contribution in [-0.2, 0) is 4.79 Å². The number of benzene rings is 2. The first-order valence-electron chi connectivity index (χ1n) is 9.44. The highest BCUT2D eigenvalue weighted by molar-refractivity contribution is 7.99. The van der Waals surface area contributed by atoms with Crippen molar-refractivity contribution in [2.24, 2.45) is 5.92 Å². The van der Waals surface area contributed by atoms with Crippen molar-refractivity contribution >= 4 is 35.0 Å². The Morgan fingerprint density at radius 3 is 2.57 bits per heavy atom. The number of nitrogens with one attached hydrogen (secondary N) is 1. The Hall–Kier alpha value is -2.64. The lowest BCUT2D eigenvalue weighted by atomic mass is 9.82. The van der Waals surface area contributed by atoms with Gasteiger partial charge >= 0.3 is 0 Å². The van der Waals surface area contributed by atoms with Crippen molar-refractivity contribution in [3.8, 4) is 23.7 Å². The van der Waals surface area contributed by atoms with Gasteiger partial charge in [0.05, 0.1) is 17.7 Å². The van der Waals surface area contributed by atoms with Crippen molar-refractivity contribution in [1.29, 1.82) is 5.26 Å². The minimum absolute atomic E-state index is 0.234. The maximum absolute atomic E-state index is 13.1. The van der Waals surface area contributed by atoms with Crippen LogP contribution in [0, 0.1) is 29.1 Å². The van der Waals surface area contributed by atoms with Gasteiger partial charge in [-0.3, -0.25) is 4.79 Å². The number of thioether (sulfide) groups is 1. The summed E-state index contributed by atoms with van der Waals surface area (Å²) in [6.45, 7) is 0. The van der Waals surface area contributed by atoms with E-state index < -0.39 is 11.5 Å².